The highest BCUT2D eigenvalue weighted by Gasteiger charge is 2.37. The third-order valence-electron chi connectivity index (χ3n) is 3.28. The SMILES string of the molecule is O=C(Cc1ccccc1F)NC1(CBr)CCC1. The summed E-state index contributed by atoms with van der Waals surface area (Å²) in [6, 6.07) is 6.40. The summed E-state index contributed by atoms with van der Waals surface area (Å²) in [5.74, 6) is -0.418. The van der Waals surface area contributed by atoms with Gasteiger partial charge in [0.05, 0.1) is 6.42 Å². The molecule has 2 nitrogen and oxygen atoms in total. The highest BCUT2D eigenvalue weighted by Crippen LogP contribution is 2.33. The molecule has 1 N–H and O–H groups in total. The Kier molecular flexibility index (Phi) is 3.82. The van der Waals surface area contributed by atoms with E-state index in [1.807, 2.05) is 0 Å². The van der Waals surface area contributed by atoms with Crippen LogP contribution in [0.5, 0.6) is 0 Å². The van der Waals surface area contributed by atoms with Crippen LogP contribution in [0.25, 0.3) is 0 Å². The Morgan fingerprint density at radius 3 is 2.65 bits per heavy atom. The number of benzene rings is 1. The second-order valence-electron chi connectivity index (χ2n) is 4.58. The second-order valence-corrected chi connectivity index (χ2v) is 5.14. The molecular weight excluding hydrogens is 285 g/mol. The number of nitrogens with one attached hydrogen (secondary N) is 1. The maximum atomic E-state index is 13.4. The van der Waals surface area contributed by atoms with Gasteiger partial charge in [-0.2, -0.15) is 0 Å². The van der Waals surface area contributed by atoms with Crippen molar-refractivity contribution in [3.63, 3.8) is 0 Å². The van der Waals surface area contributed by atoms with Gasteiger partial charge in [-0.15, -0.1) is 0 Å². The molecule has 0 aromatic heterocycles. The molecule has 0 unspecified atom stereocenters. The molecule has 1 amide bonds. The normalized spacial score (nSPS) is 17.3. The van der Waals surface area contributed by atoms with E-state index in [2.05, 4.69) is 21.2 Å². The maximum Gasteiger partial charge on any atom is 0.224 e. The minimum Gasteiger partial charge on any atom is -0.350 e. The first-order chi connectivity index (χ1) is 8.15. The van der Waals surface area contributed by atoms with Crippen LogP contribution in [0.3, 0.4) is 0 Å². The van der Waals surface area contributed by atoms with Crippen LogP contribution in [0, 0.1) is 5.82 Å². The molecular formula is C13H15BrFNO. The van der Waals surface area contributed by atoms with Crippen molar-refractivity contribution in [2.45, 2.75) is 31.2 Å². The summed E-state index contributed by atoms with van der Waals surface area (Å²) in [4.78, 5) is 11.8. The van der Waals surface area contributed by atoms with Gasteiger partial charge in [0, 0.05) is 10.9 Å². The van der Waals surface area contributed by atoms with Gasteiger partial charge in [0.1, 0.15) is 5.82 Å². The Morgan fingerprint density at radius 2 is 2.12 bits per heavy atom. The van der Waals surface area contributed by atoms with Crippen LogP contribution in [0.1, 0.15) is 24.8 Å². The van der Waals surface area contributed by atoms with E-state index < -0.39 is 0 Å². The van der Waals surface area contributed by atoms with Gasteiger partial charge in [-0.05, 0) is 30.9 Å². The van der Waals surface area contributed by atoms with Gasteiger partial charge in [-0.1, -0.05) is 34.1 Å². The fraction of sp³-hybridized carbons (Fsp3) is 0.462. The highest BCUT2D eigenvalue weighted by molar-refractivity contribution is 9.09. The van der Waals surface area contributed by atoms with Gasteiger partial charge in [0.15, 0.2) is 0 Å². The molecule has 1 aromatic rings. The lowest BCUT2D eigenvalue weighted by molar-refractivity contribution is -0.123. The van der Waals surface area contributed by atoms with Crippen molar-refractivity contribution in [3.05, 3.63) is 35.6 Å². The number of hydrogen-bond acceptors (Lipinski definition) is 1. The van der Waals surface area contributed by atoms with Gasteiger partial charge < -0.3 is 5.32 Å². The first-order valence-corrected chi connectivity index (χ1v) is 6.88. The van der Waals surface area contributed by atoms with E-state index in [0.29, 0.717) is 5.56 Å². The van der Waals surface area contributed by atoms with Gasteiger partial charge in [0.2, 0.25) is 5.91 Å². The lowest BCUT2D eigenvalue weighted by Gasteiger charge is -2.41. The second kappa shape index (κ2) is 5.17. The van der Waals surface area contributed by atoms with Crippen LogP contribution in [0.4, 0.5) is 4.39 Å². The monoisotopic (exact) mass is 299 g/mol. The van der Waals surface area contributed by atoms with Crippen molar-refractivity contribution in [1.82, 2.24) is 5.32 Å². The van der Waals surface area contributed by atoms with Crippen LogP contribution >= 0.6 is 15.9 Å². The minimum atomic E-state index is -0.316. The quantitative estimate of drug-likeness (QED) is 0.851. The number of hydrogen-bond donors (Lipinski definition) is 1. The lowest BCUT2D eigenvalue weighted by atomic mass is 9.78. The number of carbonyl (C=O) groups excluding carboxylic acids is 1. The summed E-state index contributed by atoms with van der Waals surface area (Å²) in [5.41, 5.74) is 0.358. The summed E-state index contributed by atoms with van der Waals surface area (Å²) in [6.07, 6.45) is 3.26. The predicted octanol–water partition coefficient (Wildman–Crippen LogP) is 2.80. The fourth-order valence-electron chi connectivity index (χ4n) is 2.05. The summed E-state index contributed by atoms with van der Waals surface area (Å²) >= 11 is 3.42. The largest absolute Gasteiger partial charge is 0.350 e. The number of alkyl halides is 1. The summed E-state index contributed by atoms with van der Waals surface area (Å²) in [5, 5.41) is 3.77. The molecule has 4 heteroatoms. The van der Waals surface area contributed by atoms with Gasteiger partial charge in [-0.3, -0.25) is 4.79 Å². The van der Waals surface area contributed by atoms with E-state index >= 15 is 0 Å². The van der Waals surface area contributed by atoms with Crippen molar-refractivity contribution in [2.24, 2.45) is 0 Å². The van der Waals surface area contributed by atoms with E-state index in [1.54, 1.807) is 18.2 Å². The van der Waals surface area contributed by atoms with Crippen LogP contribution in [0.15, 0.2) is 24.3 Å². The van der Waals surface area contributed by atoms with Gasteiger partial charge >= 0.3 is 0 Å². The summed E-state index contributed by atoms with van der Waals surface area (Å²) in [6.45, 7) is 0. The van der Waals surface area contributed by atoms with Gasteiger partial charge in [0.25, 0.3) is 0 Å². The molecule has 17 heavy (non-hydrogen) atoms. The topological polar surface area (TPSA) is 29.1 Å². The summed E-state index contributed by atoms with van der Waals surface area (Å²) < 4.78 is 13.4. The molecule has 0 spiro atoms. The first kappa shape index (κ1) is 12.6. The van der Waals surface area contributed by atoms with Crippen LogP contribution in [0.2, 0.25) is 0 Å². The molecule has 1 fully saturated rings. The van der Waals surface area contributed by atoms with Crippen LogP contribution in [-0.2, 0) is 11.2 Å². The van der Waals surface area contributed by atoms with E-state index in [1.165, 1.54) is 6.07 Å². The van der Waals surface area contributed by atoms with Crippen molar-refractivity contribution < 1.29 is 9.18 Å². The third kappa shape index (κ3) is 2.86. The zero-order chi connectivity index (χ0) is 12.3. The molecule has 0 bridgehead atoms. The van der Waals surface area contributed by atoms with E-state index in [4.69, 9.17) is 0 Å². The van der Waals surface area contributed by atoms with E-state index in [9.17, 15) is 9.18 Å². The Bertz CT molecular complexity index is 412. The smallest absolute Gasteiger partial charge is 0.224 e. The van der Waals surface area contributed by atoms with Crippen molar-refractivity contribution in [1.29, 1.82) is 0 Å². The predicted molar refractivity (Wildman–Crippen MR) is 68.6 cm³/mol. The number of amides is 1. The Hall–Kier alpha value is -0.900. The molecule has 1 aliphatic rings. The molecule has 0 aliphatic heterocycles. The van der Waals surface area contributed by atoms with Crippen molar-refractivity contribution in [2.75, 3.05) is 5.33 Å². The Balaban J connectivity index is 1.96. The van der Waals surface area contributed by atoms with Gasteiger partial charge in [-0.25, -0.2) is 4.39 Å². The standard InChI is InChI=1S/C13H15BrFNO/c14-9-13(6-3-7-13)16-12(17)8-10-4-1-2-5-11(10)15/h1-2,4-5H,3,6-9H2,(H,16,17). The van der Waals surface area contributed by atoms with Crippen LogP contribution in [-0.4, -0.2) is 16.8 Å². The van der Waals surface area contributed by atoms with E-state index in [-0.39, 0.29) is 23.7 Å². The molecule has 1 saturated carbocycles. The minimum absolute atomic E-state index is 0.0949. The van der Waals surface area contributed by atoms with Crippen LogP contribution < -0.4 is 5.32 Å². The first-order valence-electron chi connectivity index (χ1n) is 5.76. The summed E-state index contributed by atoms with van der Waals surface area (Å²) in [7, 11) is 0. The fourth-order valence-corrected chi connectivity index (χ4v) is 2.75. The Morgan fingerprint density at radius 1 is 1.41 bits per heavy atom. The number of rotatable bonds is 4. The van der Waals surface area contributed by atoms with Crippen molar-refractivity contribution >= 4 is 21.8 Å². The molecule has 2 rings (SSSR count). The number of halogens is 2. The molecule has 0 atom stereocenters. The molecule has 1 aromatic carbocycles. The Labute approximate surface area is 109 Å². The average molecular weight is 300 g/mol. The third-order valence-corrected chi connectivity index (χ3v) is 4.35. The van der Waals surface area contributed by atoms with E-state index in [0.717, 1.165) is 24.6 Å². The van der Waals surface area contributed by atoms with Crippen molar-refractivity contribution in [3.8, 4) is 0 Å². The zero-order valence-corrected chi connectivity index (χ0v) is 11.1. The molecule has 0 saturated heterocycles. The molecule has 0 heterocycles. The average Bonchev–Trinajstić information content (AvgIpc) is 2.27. The lowest BCUT2D eigenvalue weighted by Crippen LogP contribution is -2.55. The number of carbonyl (C=O) groups is 1. The molecule has 1 aliphatic carbocycles. The molecule has 92 valence electrons. The zero-order valence-electron chi connectivity index (χ0n) is 9.51. The molecule has 0 radical (unpaired) electrons. The maximum absolute atomic E-state index is 13.4. The highest BCUT2D eigenvalue weighted by atomic mass is 79.9.